The van der Waals surface area contributed by atoms with Crippen LogP contribution in [0.4, 0.5) is 0 Å². The fraction of sp³-hybridized carbons (Fsp3) is 0. The van der Waals surface area contributed by atoms with Crippen molar-refractivity contribution in [3.63, 3.8) is 0 Å². The summed E-state index contributed by atoms with van der Waals surface area (Å²) >= 11 is 0. The molecule has 4 aromatic heterocycles. The molecular formula is C55H33N3O. The van der Waals surface area contributed by atoms with Crippen molar-refractivity contribution in [3.05, 3.63) is 211 Å². The highest BCUT2D eigenvalue weighted by atomic mass is 16.1. The molecule has 13 aromatic rings. The van der Waals surface area contributed by atoms with Crippen LogP contribution in [0.15, 0.2) is 205 Å². The third-order valence-corrected chi connectivity index (χ3v) is 12.6. The molecule has 0 unspecified atom stereocenters. The van der Waals surface area contributed by atoms with E-state index in [9.17, 15) is 4.79 Å². The molecule has 274 valence electrons. The summed E-state index contributed by atoms with van der Waals surface area (Å²) < 4.78 is 6.71. The first kappa shape index (κ1) is 32.2. The van der Waals surface area contributed by atoms with E-state index in [1.165, 1.54) is 38.1 Å². The van der Waals surface area contributed by atoms with Gasteiger partial charge >= 0.3 is 0 Å². The second-order valence-electron chi connectivity index (χ2n) is 15.6. The Hall–Kier alpha value is -7.95. The molecular weight excluding hydrogens is 719 g/mol. The lowest BCUT2D eigenvalue weighted by Gasteiger charge is -2.12. The van der Waals surface area contributed by atoms with E-state index in [0.717, 1.165) is 77.1 Å². The van der Waals surface area contributed by atoms with Gasteiger partial charge in [0.25, 0.3) is 5.56 Å². The third-order valence-electron chi connectivity index (χ3n) is 12.6. The van der Waals surface area contributed by atoms with Crippen LogP contribution in [0.25, 0.3) is 115 Å². The first-order valence-electron chi connectivity index (χ1n) is 20.1. The molecule has 4 nitrogen and oxygen atoms in total. The maximum Gasteiger partial charge on any atom is 0.263 e. The standard InChI is InChI=1S/C55H33N3O/c59-55-45-20-5-4-17-40(45)43-22-11-23-44-46-32-34(27-29-50(46)58(55)54(43)44)35-28-30-51-47(33-35)53-39(21-12-26-52(53)56(51)37-14-2-1-3-15-37)36-13-10-16-38(31-36)57-48-24-8-6-18-41(48)42-19-7-9-25-49(42)57/h1-33H. The van der Waals surface area contributed by atoms with Crippen molar-refractivity contribution in [2.75, 3.05) is 0 Å². The number of hydrogen-bond donors (Lipinski definition) is 0. The molecule has 9 aromatic carbocycles. The zero-order valence-electron chi connectivity index (χ0n) is 31.8. The second-order valence-corrected chi connectivity index (χ2v) is 15.6. The Kier molecular flexibility index (Phi) is 6.56. The van der Waals surface area contributed by atoms with E-state index in [0.29, 0.717) is 0 Å². The number of nitrogens with zero attached hydrogens (tertiary/aromatic N) is 3. The normalized spacial score (nSPS) is 12.1. The Balaban J connectivity index is 1.05. The van der Waals surface area contributed by atoms with Crippen LogP contribution in [0.1, 0.15) is 0 Å². The van der Waals surface area contributed by atoms with Gasteiger partial charge in [0.15, 0.2) is 0 Å². The van der Waals surface area contributed by atoms with Gasteiger partial charge in [0.05, 0.1) is 33.1 Å². The van der Waals surface area contributed by atoms with Gasteiger partial charge in [0.1, 0.15) is 0 Å². The molecule has 0 saturated heterocycles. The zero-order valence-corrected chi connectivity index (χ0v) is 31.8. The molecule has 0 atom stereocenters. The molecule has 13 rings (SSSR count). The first-order valence-corrected chi connectivity index (χ1v) is 20.1. The minimum absolute atomic E-state index is 0.0249. The molecule has 0 bridgehead atoms. The van der Waals surface area contributed by atoms with Crippen molar-refractivity contribution in [2.45, 2.75) is 0 Å². The van der Waals surface area contributed by atoms with Crippen molar-refractivity contribution in [3.8, 4) is 33.6 Å². The lowest BCUT2D eigenvalue weighted by atomic mass is 9.96. The molecule has 0 aliphatic rings. The van der Waals surface area contributed by atoms with Crippen molar-refractivity contribution < 1.29 is 0 Å². The number of pyridine rings is 1. The van der Waals surface area contributed by atoms with Crippen molar-refractivity contribution in [1.29, 1.82) is 0 Å². The zero-order chi connectivity index (χ0) is 38.8. The van der Waals surface area contributed by atoms with Crippen LogP contribution in [-0.2, 0) is 0 Å². The van der Waals surface area contributed by atoms with E-state index in [1.54, 1.807) is 0 Å². The molecule has 0 radical (unpaired) electrons. The maximum atomic E-state index is 14.0. The highest BCUT2D eigenvalue weighted by Gasteiger charge is 2.20. The van der Waals surface area contributed by atoms with Gasteiger partial charge in [-0.15, -0.1) is 0 Å². The predicted octanol–water partition coefficient (Wildman–Crippen LogP) is 13.7. The largest absolute Gasteiger partial charge is 0.309 e. The maximum absolute atomic E-state index is 14.0. The summed E-state index contributed by atoms with van der Waals surface area (Å²) in [4.78, 5) is 14.0. The second kappa shape index (κ2) is 12.0. The molecule has 4 heteroatoms. The topological polar surface area (TPSA) is 31.3 Å². The Bertz CT molecular complexity index is 3870. The fourth-order valence-electron chi connectivity index (χ4n) is 10.1. The smallest absolute Gasteiger partial charge is 0.263 e. The van der Waals surface area contributed by atoms with Gasteiger partial charge < -0.3 is 9.13 Å². The van der Waals surface area contributed by atoms with E-state index in [1.807, 2.05) is 22.6 Å². The number of fused-ring (bicyclic) bond motifs is 11. The van der Waals surface area contributed by atoms with Gasteiger partial charge in [-0.1, -0.05) is 127 Å². The minimum Gasteiger partial charge on any atom is -0.309 e. The monoisotopic (exact) mass is 751 g/mol. The lowest BCUT2D eigenvalue weighted by Crippen LogP contribution is -2.12. The summed E-state index contributed by atoms with van der Waals surface area (Å²) in [7, 11) is 0. The Labute approximate surface area is 338 Å². The Morgan fingerprint density at radius 2 is 0.831 bits per heavy atom. The fourth-order valence-corrected chi connectivity index (χ4v) is 10.1. The van der Waals surface area contributed by atoms with Crippen LogP contribution in [-0.4, -0.2) is 13.5 Å². The molecule has 0 saturated carbocycles. The summed E-state index contributed by atoms with van der Waals surface area (Å²) in [5.41, 5.74) is 13.5. The number of para-hydroxylation sites is 4. The van der Waals surface area contributed by atoms with Gasteiger partial charge in [-0.05, 0) is 100 Å². The van der Waals surface area contributed by atoms with E-state index >= 15 is 0 Å². The number of hydrogen-bond acceptors (Lipinski definition) is 1. The third kappa shape index (κ3) is 4.46. The summed E-state index contributed by atoms with van der Waals surface area (Å²) in [6, 6.07) is 71.5. The molecule has 0 aliphatic carbocycles. The van der Waals surface area contributed by atoms with E-state index in [2.05, 4.69) is 191 Å². The molecule has 0 aliphatic heterocycles. The van der Waals surface area contributed by atoms with Crippen molar-refractivity contribution in [2.24, 2.45) is 0 Å². The van der Waals surface area contributed by atoms with Crippen molar-refractivity contribution in [1.82, 2.24) is 13.5 Å². The van der Waals surface area contributed by atoms with Crippen molar-refractivity contribution >= 4 is 81.6 Å². The summed E-state index contributed by atoms with van der Waals surface area (Å²) in [6.07, 6.45) is 0. The van der Waals surface area contributed by atoms with Crippen LogP contribution in [0, 0.1) is 0 Å². The van der Waals surface area contributed by atoms with Gasteiger partial charge in [-0.25, -0.2) is 0 Å². The highest BCUT2D eigenvalue weighted by Crippen LogP contribution is 2.42. The summed E-state index contributed by atoms with van der Waals surface area (Å²) in [5, 5.41) is 9.91. The highest BCUT2D eigenvalue weighted by molar-refractivity contribution is 6.21. The van der Waals surface area contributed by atoms with Crippen LogP contribution in [0.3, 0.4) is 0 Å². The van der Waals surface area contributed by atoms with E-state index in [4.69, 9.17) is 0 Å². The molecule has 4 heterocycles. The van der Waals surface area contributed by atoms with Gasteiger partial charge in [-0.2, -0.15) is 0 Å². The van der Waals surface area contributed by atoms with Gasteiger partial charge in [0, 0.05) is 54.5 Å². The average Bonchev–Trinajstić information content (AvgIpc) is 3.94. The Morgan fingerprint density at radius 1 is 0.305 bits per heavy atom. The van der Waals surface area contributed by atoms with Crippen LogP contribution in [0.5, 0.6) is 0 Å². The van der Waals surface area contributed by atoms with Gasteiger partial charge in [0.2, 0.25) is 0 Å². The lowest BCUT2D eigenvalue weighted by molar-refractivity contribution is 1.18. The summed E-state index contributed by atoms with van der Waals surface area (Å²) in [5.74, 6) is 0. The Morgan fingerprint density at radius 3 is 1.59 bits per heavy atom. The van der Waals surface area contributed by atoms with E-state index in [-0.39, 0.29) is 5.56 Å². The predicted molar refractivity (Wildman–Crippen MR) is 247 cm³/mol. The number of rotatable bonds is 4. The SMILES string of the molecule is O=c1c2ccccc2c2cccc3c4cc(-c5ccc6c(c5)c5c(-c7cccc(-n8c9ccccc9c9ccccc98)c7)cccc5n6-c5ccccc5)ccc4n1c23. The van der Waals surface area contributed by atoms with Gasteiger partial charge in [-0.3, -0.25) is 9.20 Å². The molecule has 0 fully saturated rings. The molecule has 0 N–H and O–H groups in total. The molecule has 59 heavy (non-hydrogen) atoms. The average molecular weight is 752 g/mol. The van der Waals surface area contributed by atoms with Crippen LogP contribution < -0.4 is 5.56 Å². The molecule has 0 spiro atoms. The minimum atomic E-state index is 0.0249. The van der Waals surface area contributed by atoms with Crippen LogP contribution in [0.2, 0.25) is 0 Å². The quantitative estimate of drug-likeness (QED) is 0.165. The number of benzene rings is 9. The van der Waals surface area contributed by atoms with Crippen LogP contribution >= 0.6 is 0 Å². The van der Waals surface area contributed by atoms with E-state index < -0.39 is 0 Å². The molecule has 0 amide bonds. The first-order chi connectivity index (χ1) is 29.2. The number of aromatic nitrogens is 3. The summed E-state index contributed by atoms with van der Waals surface area (Å²) in [6.45, 7) is 0.